The third-order valence-corrected chi connectivity index (χ3v) is 4.22. The van der Waals surface area contributed by atoms with Crippen LogP contribution in [0.3, 0.4) is 0 Å². The Balaban J connectivity index is 0.00000450. The minimum Gasteiger partial charge on any atom is -0.444 e. The van der Waals surface area contributed by atoms with Gasteiger partial charge in [0.25, 0.3) is 0 Å². The number of nitrogens with one attached hydrogen (secondary N) is 1. The van der Waals surface area contributed by atoms with E-state index in [9.17, 15) is 9.18 Å². The van der Waals surface area contributed by atoms with Crippen LogP contribution in [0.2, 0.25) is 0 Å². The molecule has 170 valence electrons. The average molecular weight is 535 g/mol. The highest BCUT2D eigenvalue weighted by Gasteiger charge is 2.26. The highest BCUT2D eigenvalue weighted by Crippen LogP contribution is 2.23. The maximum absolute atomic E-state index is 14.7. The van der Waals surface area contributed by atoms with Crippen molar-refractivity contribution >= 4 is 41.7 Å². The molecule has 1 aliphatic rings. The van der Waals surface area contributed by atoms with Crippen LogP contribution >= 0.6 is 24.0 Å². The van der Waals surface area contributed by atoms with Gasteiger partial charge < -0.3 is 25.6 Å². The predicted octanol–water partition coefficient (Wildman–Crippen LogP) is 3.70. The lowest BCUT2D eigenvalue weighted by molar-refractivity contribution is 0.0240. The van der Waals surface area contributed by atoms with Crippen LogP contribution in [-0.4, -0.2) is 54.3 Å². The summed E-state index contributed by atoms with van der Waals surface area (Å²) in [6.07, 6.45) is -0.327. The molecule has 1 aromatic carbocycles. The lowest BCUT2D eigenvalue weighted by Gasteiger charge is -2.36. The number of benzene rings is 1. The van der Waals surface area contributed by atoms with Gasteiger partial charge in [0.1, 0.15) is 11.4 Å². The van der Waals surface area contributed by atoms with Gasteiger partial charge in [-0.15, -0.1) is 24.0 Å². The molecule has 3 N–H and O–H groups in total. The molecule has 0 atom stereocenters. The number of aliphatic imine (C=N–C) groups is 1. The summed E-state index contributed by atoms with van der Waals surface area (Å²) in [4.78, 5) is 20.0. The van der Waals surface area contributed by atoms with Crippen LogP contribution in [0.1, 0.15) is 47.1 Å². The maximum Gasteiger partial charge on any atom is 0.410 e. The molecule has 0 bridgehead atoms. The van der Waals surface area contributed by atoms with E-state index < -0.39 is 5.60 Å². The number of hydrogen-bond acceptors (Lipinski definition) is 4. The first-order chi connectivity index (χ1) is 13.3. The van der Waals surface area contributed by atoms with Gasteiger partial charge in [-0.25, -0.2) is 14.2 Å². The third kappa shape index (κ3) is 8.53. The number of halogens is 2. The summed E-state index contributed by atoms with van der Waals surface area (Å²) in [7, 11) is 0. The molecule has 1 aliphatic heterocycles. The zero-order valence-electron chi connectivity index (χ0n) is 18.8. The summed E-state index contributed by atoms with van der Waals surface area (Å²) in [5, 5.41) is 3.08. The number of amides is 1. The first-order valence-corrected chi connectivity index (χ1v) is 9.93. The molecule has 1 aromatic rings. The second-order valence-corrected chi connectivity index (χ2v) is 9.32. The molecule has 1 saturated heterocycles. The molecule has 0 aliphatic carbocycles. The van der Waals surface area contributed by atoms with E-state index in [4.69, 9.17) is 10.5 Å². The van der Waals surface area contributed by atoms with Gasteiger partial charge in [0.2, 0.25) is 0 Å². The molecule has 0 saturated carbocycles. The fourth-order valence-corrected chi connectivity index (χ4v) is 2.96. The standard InChI is InChI=1S/C21H34FN5O2.HI/c1-20(2,3)25-18(23)24-14-15-7-8-17(16(22)13-15)26-9-11-27(12-10-26)19(28)29-21(4,5)6;/h7-8,13H,9-12,14H2,1-6H3,(H3,23,24,25);1H. The third-order valence-electron chi connectivity index (χ3n) is 4.22. The fraction of sp³-hybridized carbons (Fsp3) is 0.619. The van der Waals surface area contributed by atoms with E-state index >= 15 is 0 Å². The van der Waals surface area contributed by atoms with Crippen molar-refractivity contribution < 1.29 is 13.9 Å². The molecule has 1 amide bonds. The molecule has 7 nitrogen and oxygen atoms in total. The van der Waals surface area contributed by atoms with E-state index in [1.54, 1.807) is 11.0 Å². The summed E-state index contributed by atoms with van der Waals surface area (Å²) in [5.74, 6) is 0.0334. The number of carbonyl (C=O) groups excluding carboxylic acids is 1. The Bertz CT molecular complexity index is 751. The molecule has 0 radical (unpaired) electrons. The lowest BCUT2D eigenvalue weighted by atomic mass is 10.1. The van der Waals surface area contributed by atoms with E-state index in [0.29, 0.717) is 44.4 Å². The number of piperazine rings is 1. The Morgan fingerprint density at radius 2 is 1.77 bits per heavy atom. The zero-order valence-corrected chi connectivity index (χ0v) is 21.1. The van der Waals surface area contributed by atoms with Gasteiger partial charge in [0, 0.05) is 31.7 Å². The van der Waals surface area contributed by atoms with Crippen molar-refractivity contribution in [3.63, 3.8) is 0 Å². The molecule has 2 rings (SSSR count). The van der Waals surface area contributed by atoms with Crippen LogP contribution in [0, 0.1) is 5.82 Å². The fourth-order valence-electron chi connectivity index (χ4n) is 2.96. The Hall–Kier alpha value is -1.78. The Morgan fingerprint density at radius 1 is 1.17 bits per heavy atom. The number of hydrogen-bond donors (Lipinski definition) is 2. The van der Waals surface area contributed by atoms with Crippen molar-refractivity contribution in [2.24, 2.45) is 10.7 Å². The number of guanidine groups is 1. The van der Waals surface area contributed by atoms with Crippen molar-refractivity contribution in [1.82, 2.24) is 10.2 Å². The molecule has 30 heavy (non-hydrogen) atoms. The molecule has 9 heteroatoms. The normalized spacial score (nSPS) is 15.5. The highest BCUT2D eigenvalue weighted by molar-refractivity contribution is 14.0. The van der Waals surface area contributed by atoms with E-state index in [1.165, 1.54) is 6.07 Å². The topological polar surface area (TPSA) is 83.2 Å². The molecular formula is C21H35FIN5O2. The van der Waals surface area contributed by atoms with Crippen LogP contribution in [0.15, 0.2) is 23.2 Å². The van der Waals surface area contributed by atoms with Crippen molar-refractivity contribution in [1.29, 1.82) is 0 Å². The summed E-state index contributed by atoms with van der Waals surface area (Å²) in [6.45, 7) is 13.9. The van der Waals surface area contributed by atoms with Crippen molar-refractivity contribution in [3.8, 4) is 0 Å². The van der Waals surface area contributed by atoms with Crippen LogP contribution < -0.4 is 16.0 Å². The Kier molecular flexibility index (Phi) is 9.19. The number of ether oxygens (including phenoxy) is 1. The SMILES string of the molecule is CC(C)(C)NC(N)=NCc1ccc(N2CCN(C(=O)OC(C)(C)C)CC2)c(F)c1.I. The molecule has 1 fully saturated rings. The van der Waals surface area contributed by atoms with Crippen molar-refractivity contribution in [2.45, 2.75) is 59.2 Å². The molecule has 0 aromatic heterocycles. The van der Waals surface area contributed by atoms with Gasteiger partial charge in [0.15, 0.2) is 5.96 Å². The van der Waals surface area contributed by atoms with Crippen LogP contribution in [0.4, 0.5) is 14.9 Å². The predicted molar refractivity (Wildman–Crippen MR) is 130 cm³/mol. The van der Waals surface area contributed by atoms with Crippen molar-refractivity contribution in [2.75, 3.05) is 31.1 Å². The van der Waals surface area contributed by atoms with Crippen LogP contribution in [0.25, 0.3) is 0 Å². The van der Waals surface area contributed by atoms with Crippen molar-refractivity contribution in [3.05, 3.63) is 29.6 Å². The number of anilines is 1. The zero-order chi connectivity index (χ0) is 21.8. The molecule has 0 unspecified atom stereocenters. The van der Waals surface area contributed by atoms with E-state index in [2.05, 4.69) is 10.3 Å². The number of nitrogens with zero attached hydrogens (tertiary/aromatic N) is 3. The summed E-state index contributed by atoms with van der Waals surface area (Å²) in [5.41, 5.74) is 6.44. The summed E-state index contributed by atoms with van der Waals surface area (Å²) >= 11 is 0. The Morgan fingerprint density at radius 3 is 2.27 bits per heavy atom. The maximum atomic E-state index is 14.7. The van der Waals surface area contributed by atoms with Gasteiger partial charge in [-0.2, -0.15) is 0 Å². The largest absolute Gasteiger partial charge is 0.444 e. The smallest absolute Gasteiger partial charge is 0.410 e. The quantitative estimate of drug-likeness (QED) is 0.351. The van der Waals surface area contributed by atoms with Gasteiger partial charge in [-0.1, -0.05) is 6.07 Å². The van der Waals surface area contributed by atoms with Crippen LogP contribution in [-0.2, 0) is 11.3 Å². The van der Waals surface area contributed by atoms with Gasteiger partial charge in [-0.3, -0.25) is 0 Å². The Labute approximate surface area is 196 Å². The number of nitrogens with two attached hydrogens (primary N) is 1. The second-order valence-electron chi connectivity index (χ2n) is 9.32. The summed E-state index contributed by atoms with van der Waals surface area (Å²) in [6, 6.07) is 5.10. The number of carbonyl (C=O) groups is 1. The first kappa shape index (κ1) is 26.3. The number of rotatable bonds is 3. The second kappa shape index (κ2) is 10.5. The summed E-state index contributed by atoms with van der Waals surface area (Å²) < 4.78 is 20.1. The van der Waals surface area contributed by atoms with E-state index in [1.807, 2.05) is 52.5 Å². The first-order valence-electron chi connectivity index (χ1n) is 9.93. The minimum atomic E-state index is -0.523. The molecule has 1 heterocycles. The van der Waals surface area contributed by atoms with E-state index in [0.717, 1.165) is 5.56 Å². The van der Waals surface area contributed by atoms with Gasteiger partial charge in [0.05, 0.1) is 12.2 Å². The molecular weight excluding hydrogens is 500 g/mol. The van der Waals surface area contributed by atoms with E-state index in [-0.39, 0.29) is 41.4 Å². The molecule has 0 spiro atoms. The lowest BCUT2D eigenvalue weighted by Crippen LogP contribution is -2.50. The van der Waals surface area contributed by atoms with Crippen LogP contribution in [0.5, 0.6) is 0 Å². The average Bonchev–Trinajstić information content (AvgIpc) is 2.57. The minimum absolute atomic E-state index is 0. The van der Waals surface area contributed by atoms with Gasteiger partial charge in [-0.05, 0) is 59.2 Å². The monoisotopic (exact) mass is 535 g/mol. The van der Waals surface area contributed by atoms with Gasteiger partial charge >= 0.3 is 6.09 Å². The highest BCUT2D eigenvalue weighted by atomic mass is 127.